The van der Waals surface area contributed by atoms with E-state index in [4.69, 9.17) is 9.15 Å². The van der Waals surface area contributed by atoms with Crippen LogP contribution < -0.4 is 4.90 Å². The largest absolute Gasteiger partial charge is 0.422 e. The van der Waals surface area contributed by atoms with Gasteiger partial charge in [-0.15, -0.1) is 0 Å². The number of hydrogen-bond donors (Lipinski definition) is 0. The minimum absolute atomic E-state index is 0.550. The maximum Gasteiger partial charge on any atom is 0.252 e. The van der Waals surface area contributed by atoms with Crippen LogP contribution in [0, 0.1) is 6.92 Å². The molecule has 0 amide bonds. The molecule has 1 fully saturated rings. The molecule has 1 saturated heterocycles. The third-order valence-electron chi connectivity index (χ3n) is 2.59. The summed E-state index contributed by atoms with van der Waals surface area (Å²) in [5.41, 5.74) is 1.29. The monoisotopic (exact) mass is 220 g/mol. The number of aryl methyl sites for hydroxylation is 1. The van der Waals surface area contributed by atoms with Crippen molar-refractivity contribution in [1.29, 1.82) is 0 Å². The van der Waals surface area contributed by atoms with E-state index in [9.17, 15) is 0 Å². The molecule has 0 N–H and O–H groups in total. The van der Waals surface area contributed by atoms with Crippen molar-refractivity contribution < 1.29 is 9.15 Å². The van der Waals surface area contributed by atoms with Crippen molar-refractivity contribution >= 4 is 17.0 Å². The minimum atomic E-state index is 0.550. The van der Waals surface area contributed by atoms with Crippen molar-refractivity contribution in [2.75, 3.05) is 31.2 Å². The number of hydrogen-bond acceptors (Lipinski definition) is 6. The zero-order valence-corrected chi connectivity index (χ0v) is 9.01. The SMILES string of the molecule is Cc1nc2c(N3CCOCC3)ncnc2o1. The van der Waals surface area contributed by atoms with E-state index < -0.39 is 0 Å². The quantitative estimate of drug-likeness (QED) is 0.707. The molecule has 0 atom stereocenters. The van der Waals surface area contributed by atoms with Crippen molar-refractivity contribution in [2.24, 2.45) is 0 Å². The average molecular weight is 220 g/mol. The van der Waals surface area contributed by atoms with Gasteiger partial charge < -0.3 is 14.1 Å². The summed E-state index contributed by atoms with van der Waals surface area (Å²) in [7, 11) is 0. The minimum Gasteiger partial charge on any atom is -0.422 e. The van der Waals surface area contributed by atoms with Crippen LogP contribution in [0.25, 0.3) is 11.2 Å². The second-order valence-corrected chi connectivity index (χ2v) is 3.68. The second-order valence-electron chi connectivity index (χ2n) is 3.68. The Bertz CT molecular complexity index is 504. The van der Waals surface area contributed by atoms with Gasteiger partial charge >= 0.3 is 0 Å². The molecular formula is C10H12N4O2. The van der Waals surface area contributed by atoms with Crippen LogP contribution in [-0.2, 0) is 4.74 Å². The van der Waals surface area contributed by atoms with Crippen LogP contribution in [0.15, 0.2) is 10.7 Å². The lowest BCUT2D eigenvalue weighted by atomic mass is 10.4. The molecule has 16 heavy (non-hydrogen) atoms. The van der Waals surface area contributed by atoms with Crippen LogP contribution in [-0.4, -0.2) is 41.3 Å². The number of aromatic nitrogens is 3. The number of anilines is 1. The van der Waals surface area contributed by atoms with Gasteiger partial charge in [-0.2, -0.15) is 4.98 Å². The third-order valence-corrected chi connectivity index (χ3v) is 2.59. The van der Waals surface area contributed by atoms with E-state index in [1.165, 1.54) is 6.33 Å². The Morgan fingerprint density at radius 2 is 2.06 bits per heavy atom. The molecule has 0 saturated carbocycles. The molecule has 0 aliphatic carbocycles. The van der Waals surface area contributed by atoms with E-state index in [0.717, 1.165) is 37.6 Å². The van der Waals surface area contributed by atoms with E-state index in [-0.39, 0.29) is 0 Å². The number of rotatable bonds is 1. The standard InChI is InChI=1S/C10H12N4O2/c1-7-13-8-9(11-6-12-10(8)16-7)14-2-4-15-5-3-14/h6H,2-5H2,1H3. The van der Waals surface area contributed by atoms with E-state index in [1.807, 2.05) is 6.92 Å². The Balaban J connectivity index is 2.07. The van der Waals surface area contributed by atoms with E-state index >= 15 is 0 Å². The van der Waals surface area contributed by atoms with Gasteiger partial charge in [0.05, 0.1) is 13.2 Å². The lowest BCUT2D eigenvalue weighted by molar-refractivity contribution is 0.122. The Kier molecular flexibility index (Phi) is 2.21. The molecule has 0 radical (unpaired) electrons. The molecular weight excluding hydrogens is 208 g/mol. The molecule has 0 aromatic carbocycles. The van der Waals surface area contributed by atoms with Crippen molar-refractivity contribution in [2.45, 2.75) is 6.92 Å². The molecule has 3 rings (SSSR count). The number of fused-ring (bicyclic) bond motifs is 1. The van der Waals surface area contributed by atoms with E-state index in [2.05, 4.69) is 19.9 Å². The molecule has 1 aliphatic heterocycles. The number of oxazole rings is 1. The van der Waals surface area contributed by atoms with Crippen LogP contribution in [0.5, 0.6) is 0 Å². The number of morpholine rings is 1. The Labute approximate surface area is 92.3 Å². The highest BCUT2D eigenvalue weighted by molar-refractivity contribution is 5.81. The summed E-state index contributed by atoms with van der Waals surface area (Å²) in [4.78, 5) is 14.8. The molecule has 0 bridgehead atoms. The highest BCUT2D eigenvalue weighted by Crippen LogP contribution is 2.23. The Morgan fingerprint density at radius 1 is 1.25 bits per heavy atom. The summed E-state index contributed by atoms with van der Waals surface area (Å²) in [6.07, 6.45) is 1.51. The lowest BCUT2D eigenvalue weighted by Crippen LogP contribution is -2.36. The summed E-state index contributed by atoms with van der Waals surface area (Å²) in [6.45, 7) is 4.92. The molecule has 6 heteroatoms. The van der Waals surface area contributed by atoms with Crippen molar-refractivity contribution in [3.63, 3.8) is 0 Å². The first-order valence-corrected chi connectivity index (χ1v) is 5.25. The Hall–Kier alpha value is -1.69. The number of nitrogens with zero attached hydrogens (tertiary/aromatic N) is 4. The zero-order chi connectivity index (χ0) is 11.0. The summed E-state index contributed by atoms with van der Waals surface area (Å²) in [5.74, 6) is 1.45. The van der Waals surface area contributed by atoms with E-state index in [0.29, 0.717) is 11.6 Å². The number of ether oxygens (including phenoxy) is 1. The fraction of sp³-hybridized carbons (Fsp3) is 0.500. The van der Waals surface area contributed by atoms with Crippen LogP contribution in [0.3, 0.4) is 0 Å². The first-order chi connectivity index (χ1) is 7.84. The van der Waals surface area contributed by atoms with Gasteiger partial charge in [0.1, 0.15) is 6.33 Å². The maximum atomic E-state index is 5.38. The van der Waals surface area contributed by atoms with Gasteiger partial charge in [0, 0.05) is 20.0 Å². The highest BCUT2D eigenvalue weighted by Gasteiger charge is 2.18. The van der Waals surface area contributed by atoms with Gasteiger partial charge in [0.25, 0.3) is 5.71 Å². The molecule has 2 aromatic rings. The van der Waals surface area contributed by atoms with Crippen LogP contribution in [0.4, 0.5) is 5.82 Å². The molecule has 2 aromatic heterocycles. The fourth-order valence-corrected chi connectivity index (χ4v) is 1.85. The summed E-state index contributed by atoms with van der Waals surface area (Å²) in [6, 6.07) is 0. The molecule has 6 nitrogen and oxygen atoms in total. The van der Waals surface area contributed by atoms with Crippen LogP contribution in [0.1, 0.15) is 5.89 Å². The fourth-order valence-electron chi connectivity index (χ4n) is 1.85. The Morgan fingerprint density at radius 3 is 2.88 bits per heavy atom. The van der Waals surface area contributed by atoms with Gasteiger partial charge in [0.2, 0.25) is 0 Å². The van der Waals surface area contributed by atoms with Gasteiger partial charge in [-0.05, 0) is 0 Å². The normalized spacial score (nSPS) is 16.9. The molecule has 0 spiro atoms. The second kappa shape index (κ2) is 3.71. The third kappa shape index (κ3) is 1.51. The predicted octanol–water partition coefficient (Wildman–Crippen LogP) is 0.763. The molecule has 0 unspecified atom stereocenters. The summed E-state index contributed by atoms with van der Waals surface area (Å²) >= 11 is 0. The lowest BCUT2D eigenvalue weighted by Gasteiger charge is -2.27. The van der Waals surface area contributed by atoms with Crippen molar-refractivity contribution in [3.8, 4) is 0 Å². The zero-order valence-electron chi connectivity index (χ0n) is 9.01. The van der Waals surface area contributed by atoms with Gasteiger partial charge in [0.15, 0.2) is 17.2 Å². The van der Waals surface area contributed by atoms with E-state index in [1.54, 1.807) is 0 Å². The summed E-state index contributed by atoms with van der Waals surface area (Å²) in [5, 5.41) is 0. The predicted molar refractivity (Wildman–Crippen MR) is 57.4 cm³/mol. The van der Waals surface area contributed by atoms with Crippen molar-refractivity contribution in [3.05, 3.63) is 12.2 Å². The first kappa shape index (κ1) is 9.53. The van der Waals surface area contributed by atoms with Gasteiger partial charge in [-0.1, -0.05) is 0 Å². The van der Waals surface area contributed by atoms with Gasteiger partial charge in [-0.25, -0.2) is 9.97 Å². The van der Waals surface area contributed by atoms with Crippen LogP contribution in [0.2, 0.25) is 0 Å². The maximum absolute atomic E-state index is 5.38. The van der Waals surface area contributed by atoms with Gasteiger partial charge in [-0.3, -0.25) is 0 Å². The topological polar surface area (TPSA) is 64.3 Å². The molecule has 1 aliphatic rings. The van der Waals surface area contributed by atoms with Crippen LogP contribution >= 0.6 is 0 Å². The van der Waals surface area contributed by atoms with Crippen molar-refractivity contribution in [1.82, 2.24) is 15.0 Å². The summed E-state index contributed by atoms with van der Waals surface area (Å²) < 4.78 is 10.7. The smallest absolute Gasteiger partial charge is 0.252 e. The average Bonchev–Trinajstić information content (AvgIpc) is 2.70. The highest BCUT2D eigenvalue weighted by atomic mass is 16.5. The molecule has 84 valence electrons. The first-order valence-electron chi connectivity index (χ1n) is 5.25. The molecule has 3 heterocycles.